The van der Waals surface area contributed by atoms with Crippen LogP contribution in [0.4, 0.5) is 0 Å². The summed E-state index contributed by atoms with van der Waals surface area (Å²) in [5.41, 5.74) is 2.35. The summed E-state index contributed by atoms with van der Waals surface area (Å²) < 4.78 is 2.08. The fourth-order valence-corrected chi connectivity index (χ4v) is 3.80. The number of benzene rings is 2. The van der Waals surface area contributed by atoms with Gasteiger partial charge in [0.25, 0.3) is 5.56 Å². The first-order valence-electron chi connectivity index (χ1n) is 8.11. The van der Waals surface area contributed by atoms with Gasteiger partial charge in [-0.05, 0) is 47.4 Å². The fraction of sp³-hybridized carbons (Fsp3) is 0. The molecule has 4 rings (SSSR count). The lowest BCUT2D eigenvalue weighted by atomic mass is 10.1. The second-order valence-electron chi connectivity index (χ2n) is 5.73. The molecular formula is C21H12ClN3OS. The first kappa shape index (κ1) is 17.2. The van der Waals surface area contributed by atoms with E-state index in [-0.39, 0.29) is 5.56 Å². The van der Waals surface area contributed by atoms with Gasteiger partial charge in [-0.3, -0.25) is 9.36 Å². The standard InChI is InChI=1S/C21H12ClN3OS/c22-16-7-3-4-8-18(16)25-19(24-17-11-12-27-20(17)21(25)26)10-9-14-5-1-2-6-15(14)13-23/h1-12H/b10-9+. The van der Waals surface area contributed by atoms with Crippen LogP contribution in [0.1, 0.15) is 17.0 Å². The molecule has 4 nitrogen and oxygen atoms in total. The number of aromatic nitrogens is 2. The van der Waals surface area contributed by atoms with Crippen molar-refractivity contribution in [2.75, 3.05) is 0 Å². The smallest absolute Gasteiger partial charge is 0.267 e. The third kappa shape index (κ3) is 3.17. The minimum atomic E-state index is -0.170. The van der Waals surface area contributed by atoms with Crippen molar-refractivity contribution in [3.63, 3.8) is 0 Å². The number of hydrogen-bond acceptors (Lipinski definition) is 4. The number of halogens is 1. The molecule has 0 aliphatic heterocycles. The van der Waals surface area contributed by atoms with Gasteiger partial charge in [0.15, 0.2) is 0 Å². The molecular weight excluding hydrogens is 378 g/mol. The number of para-hydroxylation sites is 1. The zero-order valence-electron chi connectivity index (χ0n) is 14.0. The van der Waals surface area contributed by atoms with Gasteiger partial charge in [-0.25, -0.2) is 4.98 Å². The topological polar surface area (TPSA) is 58.7 Å². The van der Waals surface area contributed by atoms with E-state index < -0.39 is 0 Å². The van der Waals surface area contributed by atoms with Crippen molar-refractivity contribution in [1.29, 1.82) is 5.26 Å². The Morgan fingerprint density at radius 2 is 1.85 bits per heavy atom. The van der Waals surface area contributed by atoms with Crippen LogP contribution in [-0.2, 0) is 0 Å². The van der Waals surface area contributed by atoms with E-state index in [9.17, 15) is 10.1 Å². The van der Waals surface area contributed by atoms with Crippen molar-refractivity contribution in [3.8, 4) is 11.8 Å². The largest absolute Gasteiger partial charge is 0.276 e. The normalized spacial score (nSPS) is 11.1. The van der Waals surface area contributed by atoms with Gasteiger partial charge in [0.1, 0.15) is 10.5 Å². The van der Waals surface area contributed by atoms with Crippen molar-refractivity contribution < 1.29 is 0 Å². The number of nitriles is 1. The molecule has 2 heterocycles. The van der Waals surface area contributed by atoms with Gasteiger partial charge in [-0.1, -0.05) is 41.9 Å². The van der Waals surface area contributed by atoms with E-state index in [1.54, 1.807) is 30.4 Å². The predicted octanol–water partition coefficient (Wildman–Crippen LogP) is 5.14. The van der Waals surface area contributed by atoms with Crippen LogP contribution < -0.4 is 5.56 Å². The van der Waals surface area contributed by atoms with E-state index in [0.717, 1.165) is 5.56 Å². The Labute approximate surface area is 164 Å². The molecule has 0 saturated heterocycles. The van der Waals surface area contributed by atoms with Crippen LogP contribution >= 0.6 is 22.9 Å². The van der Waals surface area contributed by atoms with E-state index in [1.165, 1.54) is 15.9 Å². The van der Waals surface area contributed by atoms with Crippen LogP contribution in [0.2, 0.25) is 5.02 Å². The summed E-state index contributed by atoms with van der Waals surface area (Å²) in [6.07, 6.45) is 3.52. The van der Waals surface area contributed by atoms with Crippen molar-refractivity contribution in [2.45, 2.75) is 0 Å². The van der Waals surface area contributed by atoms with Gasteiger partial charge >= 0.3 is 0 Å². The molecule has 0 amide bonds. The predicted molar refractivity (Wildman–Crippen MR) is 110 cm³/mol. The molecule has 2 aromatic carbocycles. The Kier molecular flexibility index (Phi) is 4.59. The average molecular weight is 390 g/mol. The van der Waals surface area contributed by atoms with Crippen LogP contribution in [0, 0.1) is 11.3 Å². The van der Waals surface area contributed by atoms with E-state index in [0.29, 0.717) is 32.3 Å². The molecule has 0 N–H and O–H groups in total. The second kappa shape index (κ2) is 7.20. The van der Waals surface area contributed by atoms with Gasteiger partial charge in [-0.2, -0.15) is 5.26 Å². The highest BCUT2D eigenvalue weighted by atomic mass is 35.5. The molecule has 4 aromatic rings. The maximum absolute atomic E-state index is 13.1. The van der Waals surface area contributed by atoms with Crippen LogP contribution in [0.25, 0.3) is 28.1 Å². The number of fused-ring (bicyclic) bond motifs is 1. The van der Waals surface area contributed by atoms with Crippen LogP contribution in [0.3, 0.4) is 0 Å². The van der Waals surface area contributed by atoms with Crippen molar-refractivity contribution >= 4 is 45.3 Å². The molecule has 0 unspecified atom stereocenters. The lowest BCUT2D eigenvalue weighted by Crippen LogP contribution is -2.21. The van der Waals surface area contributed by atoms with Crippen molar-refractivity contribution in [2.24, 2.45) is 0 Å². The summed E-state index contributed by atoms with van der Waals surface area (Å²) in [6.45, 7) is 0. The zero-order valence-corrected chi connectivity index (χ0v) is 15.5. The van der Waals surface area contributed by atoms with Gasteiger partial charge in [0.05, 0.1) is 27.9 Å². The Morgan fingerprint density at radius 3 is 2.67 bits per heavy atom. The van der Waals surface area contributed by atoms with Crippen LogP contribution in [0.5, 0.6) is 0 Å². The maximum atomic E-state index is 13.1. The molecule has 0 bridgehead atoms. The van der Waals surface area contributed by atoms with Gasteiger partial charge < -0.3 is 0 Å². The number of hydrogen-bond donors (Lipinski definition) is 0. The van der Waals surface area contributed by atoms with E-state index in [4.69, 9.17) is 11.6 Å². The molecule has 0 saturated carbocycles. The quantitative estimate of drug-likeness (QED) is 0.487. The first-order chi connectivity index (χ1) is 13.2. The average Bonchev–Trinajstić information content (AvgIpc) is 3.16. The molecule has 0 aliphatic carbocycles. The minimum absolute atomic E-state index is 0.170. The van der Waals surface area contributed by atoms with Gasteiger partial charge in [-0.15, -0.1) is 11.3 Å². The van der Waals surface area contributed by atoms with Crippen molar-refractivity contribution in [3.05, 3.63) is 92.3 Å². The number of nitrogens with zero attached hydrogens (tertiary/aromatic N) is 3. The highest BCUT2D eigenvalue weighted by Gasteiger charge is 2.14. The summed E-state index contributed by atoms with van der Waals surface area (Å²) in [6, 6.07) is 18.4. The fourth-order valence-electron chi connectivity index (χ4n) is 2.82. The molecule has 0 fully saturated rings. The Balaban J connectivity index is 1.96. The van der Waals surface area contributed by atoms with E-state index >= 15 is 0 Å². The highest BCUT2D eigenvalue weighted by molar-refractivity contribution is 7.17. The summed E-state index contributed by atoms with van der Waals surface area (Å²) >= 11 is 7.69. The minimum Gasteiger partial charge on any atom is -0.267 e. The highest BCUT2D eigenvalue weighted by Crippen LogP contribution is 2.23. The summed E-state index contributed by atoms with van der Waals surface area (Å²) in [5.74, 6) is 0.451. The van der Waals surface area contributed by atoms with E-state index in [1.807, 2.05) is 41.8 Å². The first-order valence-corrected chi connectivity index (χ1v) is 9.37. The molecule has 0 aliphatic rings. The molecule has 6 heteroatoms. The summed E-state index contributed by atoms with van der Waals surface area (Å²) in [5, 5.41) is 11.6. The monoisotopic (exact) mass is 389 g/mol. The SMILES string of the molecule is N#Cc1ccccc1/C=C/c1nc2ccsc2c(=O)n1-c1ccccc1Cl. The summed E-state index contributed by atoms with van der Waals surface area (Å²) in [7, 11) is 0. The number of thiophene rings is 1. The maximum Gasteiger partial charge on any atom is 0.276 e. The number of rotatable bonds is 3. The molecule has 0 spiro atoms. The summed E-state index contributed by atoms with van der Waals surface area (Å²) in [4.78, 5) is 17.7. The van der Waals surface area contributed by atoms with Gasteiger partial charge in [0, 0.05) is 0 Å². The zero-order chi connectivity index (χ0) is 18.8. The third-order valence-electron chi connectivity index (χ3n) is 4.09. The Bertz CT molecular complexity index is 1280. The van der Waals surface area contributed by atoms with Crippen molar-refractivity contribution in [1.82, 2.24) is 9.55 Å². The van der Waals surface area contributed by atoms with E-state index in [2.05, 4.69) is 11.1 Å². The van der Waals surface area contributed by atoms with Crippen LogP contribution in [-0.4, -0.2) is 9.55 Å². The second-order valence-corrected chi connectivity index (χ2v) is 7.05. The molecule has 130 valence electrons. The molecule has 27 heavy (non-hydrogen) atoms. The Hall–Kier alpha value is -3.20. The lowest BCUT2D eigenvalue weighted by molar-refractivity contribution is 0.947. The van der Waals surface area contributed by atoms with Crippen LogP contribution in [0.15, 0.2) is 64.8 Å². The molecule has 0 radical (unpaired) electrons. The Morgan fingerprint density at radius 1 is 1.07 bits per heavy atom. The molecule has 0 atom stereocenters. The molecule has 2 aromatic heterocycles. The third-order valence-corrected chi connectivity index (χ3v) is 5.30. The van der Waals surface area contributed by atoms with Gasteiger partial charge in [0.2, 0.25) is 0 Å². The lowest BCUT2D eigenvalue weighted by Gasteiger charge is -2.11.